The molecule has 4 heteroatoms. The zero-order chi connectivity index (χ0) is 19.1. The number of hydrogen-bond donors (Lipinski definition) is 0. The highest BCUT2D eigenvalue weighted by molar-refractivity contribution is 5.92. The van der Waals surface area contributed by atoms with Gasteiger partial charge in [0.15, 0.2) is 0 Å². The van der Waals surface area contributed by atoms with Crippen molar-refractivity contribution in [1.29, 1.82) is 0 Å². The Morgan fingerprint density at radius 3 is 2.26 bits per heavy atom. The van der Waals surface area contributed by atoms with Crippen LogP contribution in [0, 0.1) is 6.92 Å². The van der Waals surface area contributed by atoms with E-state index < -0.39 is 0 Å². The second kappa shape index (κ2) is 9.17. The van der Waals surface area contributed by atoms with Crippen LogP contribution in [0.15, 0.2) is 60.7 Å². The maximum absolute atomic E-state index is 12.9. The Balaban J connectivity index is 1.84. The molecule has 27 heavy (non-hydrogen) atoms. The Kier molecular flexibility index (Phi) is 6.42. The van der Waals surface area contributed by atoms with Gasteiger partial charge in [0, 0.05) is 13.0 Å². The second-order valence-corrected chi connectivity index (χ2v) is 6.71. The van der Waals surface area contributed by atoms with Gasteiger partial charge in [-0.05, 0) is 24.5 Å². The van der Waals surface area contributed by atoms with Gasteiger partial charge in [-0.1, -0.05) is 74.0 Å². The number of carbonyl (C=O) groups is 1. The quantitative estimate of drug-likeness (QED) is 0.533. The SMILES string of the molecule is CCCCn1nc(Cc2ccccc2)c(C(=O)OCc2ccccc2)c1C. The van der Waals surface area contributed by atoms with Gasteiger partial charge in [-0.15, -0.1) is 0 Å². The molecule has 3 aromatic rings. The molecule has 1 aromatic heterocycles. The monoisotopic (exact) mass is 362 g/mol. The molecule has 0 aliphatic carbocycles. The molecule has 2 aromatic carbocycles. The highest BCUT2D eigenvalue weighted by Gasteiger charge is 2.22. The Bertz CT molecular complexity index is 870. The molecule has 0 radical (unpaired) electrons. The number of nitrogens with zero attached hydrogens (tertiary/aromatic N) is 2. The first-order valence-corrected chi connectivity index (χ1v) is 9.50. The van der Waals surface area contributed by atoms with Gasteiger partial charge in [0.05, 0.1) is 11.4 Å². The van der Waals surface area contributed by atoms with Crippen molar-refractivity contribution in [2.45, 2.75) is 46.3 Å². The molecule has 0 aliphatic rings. The van der Waals surface area contributed by atoms with E-state index in [1.807, 2.05) is 60.1 Å². The fourth-order valence-electron chi connectivity index (χ4n) is 3.11. The summed E-state index contributed by atoms with van der Waals surface area (Å²) in [5, 5.41) is 4.73. The van der Waals surface area contributed by atoms with Crippen molar-refractivity contribution in [1.82, 2.24) is 9.78 Å². The highest BCUT2D eigenvalue weighted by Crippen LogP contribution is 2.20. The molecule has 0 fully saturated rings. The van der Waals surface area contributed by atoms with Crippen LogP contribution < -0.4 is 0 Å². The van der Waals surface area contributed by atoms with Crippen LogP contribution in [0.25, 0.3) is 0 Å². The van der Waals surface area contributed by atoms with Crippen molar-refractivity contribution >= 4 is 5.97 Å². The second-order valence-electron chi connectivity index (χ2n) is 6.71. The topological polar surface area (TPSA) is 44.1 Å². The summed E-state index contributed by atoms with van der Waals surface area (Å²) in [5.41, 5.74) is 4.38. The summed E-state index contributed by atoms with van der Waals surface area (Å²) >= 11 is 0. The Morgan fingerprint density at radius 2 is 1.63 bits per heavy atom. The molecule has 0 saturated carbocycles. The maximum Gasteiger partial charge on any atom is 0.342 e. The van der Waals surface area contributed by atoms with Crippen molar-refractivity contribution in [2.75, 3.05) is 0 Å². The van der Waals surface area contributed by atoms with Gasteiger partial charge in [0.25, 0.3) is 0 Å². The molecule has 3 rings (SSSR count). The van der Waals surface area contributed by atoms with Gasteiger partial charge in [-0.2, -0.15) is 5.10 Å². The summed E-state index contributed by atoms with van der Waals surface area (Å²) in [6, 6.07) is 19.8. The average molecular weight is 362 g/mol. The molecule has 0 aliphatic heterocycles. The standard InChI is InChI=1S/C23H26N2O2/c1-3-4-15-25-18(2)22(21(24-25)16-19-11-7-5-8-12-19)23(26)27-17-20-13-9-6-10-14-20/h5-14H,3-4,15-17H2,1-2H3. The largest absolute Gasteiger partial charge is 0.457 e. The van der Waals surface area contributed by atoms with Crippen molar-refractivity contribution < 1.29 is 9.53 Å². The summed E-state index contributed by atoms with van der Waals surface area (Å²) in [4.78, 5) is 12.9. The van der Waals surface area contributed by atoms with Gasteiger partial charge in [0.1, 0.15) is 12.2 Å². The van der Waals surface area contributed by atoms with E-state index in [0.717, 1.165) is 41.9 Å². The van der Waals surface area contributed by atoms with Crippen LogP contribution in [0.1, 0.15) is 52.6 Å². The molecule has 0 unspecified atom stereocenters. The Hall–Kier alpha value is -2.88. The maximum atomic E-state index is 12.9. The van der Waals surface area contributed by atoms with E-state index in [1.54, 1.807) is 0 Å². The van der Waals surface area contributed by atoms with Crippen molar-refractivity contribution in [2.24, 2.45) is 0 Å². The number of unbranched alkanes of at least 4 members (excludes halogenated alkanes) is 1. The normalized spacial score (nSPS) is 10.7. The lowest BCUT2D eigenvalue weighted by Crippen LogP contribution is -2.09. The number of carbonyl (C=O) groups excluding carboxylic acids is 1. The highest BCUT2D eigenvalue weighted by atomic mass is 16.5. The minimum atomic E-state index is -0.301. The lowest BCUT2D eigenvalue weighted by molar-refractivity contribution is 0.0470. The molecular weight excluding hydrogens is 336 g/mol. The first-order chi connectivity index (χ1) is 13.2. The van der Waals surface area contributed by atoms with Gasteiger partial charge in [0.2, 0.25) is 0 Å². The lowest BCUT2D eigenvalue weighted by Gasteiger charge is -2.07. The fourth-order valence-corrected chi connectivity index (χ4v) is 3.11. The molecule has 0 N–H and O–H groups in total. The van der Waals surface area contributed by atoms with Crippen LogP contribution >= 0.6 is 0 Å². The number of hydrogen-bond acceptors (Lipinski definition) is 3. The molecule has 0 bridgehead atoms. The lowest BCUT2D eigenvalue weighted by atomic mass is 10.1. The zero-order valence-electron chi connectivity index (χ0n) is 16.0. The van der Waals surface area contributed by atoms with Crippen LogP contribution in [0.4, 0.5) is 0 Å². The molecule has 4 nitrogen and oxygen atoms in total. The van der Waals surface area contributed by atoms with Crippen molar-refractivity contribution in [3.63, 3.8) is 0 Å². The third kappa shape index (κ3) is 4.85. The smallest absolute Gasteiger partial charge is 0.342 e. The number of aryl methyl sites for hydroxylation is 1. The first-order valence-electron chi connectivity index (χ1n) is 9.50. The first kappa shape index (κ1) is 18.9. The predicted octanol–water partition coefficient (Wildman–Crippen LogP) is 4.94. The molecule has 0 atom stereocenters. The number of benzene rings is 2. The molecule has 1 heterocycles. The Morgan fingerprint density at radius 1 is 1.00 bits per heavy atom. The van der Waals surface area contributed by atoms with Crippen LogP contribution in [-0.2, 0) is 24.3 Å². The number of esters is 1. The van der Waals surface area contributed by atoms with E-state index in [2.05, 4.69) is 19.1 Å². The van der Waals surface area contributed by atoms with E-state index in [-0.39, 0.29) is 12.6 Å². The summed E-state index contributed by atoms with van der Waals surface area (Å²) in [6.45, 7) is 5.19. The zero-order valence-corrected chi connectivity index (χ0v) is 16.0. The van der Waals surface area contributed by atoms with E-state index in [4.69, 9.17) is 9.84 Å². The summed E-state index contributed by atoms with van der Waals surface area (Å²) < 4.78 is 7.54. The van der Waals surface area contributed by atoms with Crippen LogP contribution in [-0.4, -0.2) is 15.7 Å². The molecule has 140 valence electrons. The van der Waals surface area contributed by atoms with Gasteiger partial charge >= 0.3 is 5.97 Å². The minimum Gasteiger partial charge on any atom is -0.457 e. The number of ether oxygens (including phenoxy) is 1. The molecular formula is C23H26N2O2. The van der Waals surface area contributed by atoms with Crippen LogP contribution in [0.3, 0.4) is 0 Å². The Labute approximate surface area is 160 Å². The van der Waals surface area contributed by atoms with Gasteiger partial charge in [-0.25, -0.2) is 4.79 Å². The molecule has 0 saturated heterocycles. The predicted molar refractivity (Wildman–Crippen MR) is 107 cm³/mol. The number of aromatic nitrogens is 2. The third-order valence-electron chi connectivity index (χ3n) is 4.63. The number of rotatable bonds is 8. The summed E-state index contributed by atoms with van der Waals surface area (Å²) in [5.74, 6) is -0.301. The van der Waals surface area contributed by atoms with E-state index in [9.17, 15) is 4.79 Å². The average Bonchev–Trinajstić information content (AvgIpc) is 3.01. The summed E-state index contributed by atoms with van der Waals surface area (Å²) in [7, 11) is 0. The van der Waals surface area contributed by atoms with Crippen molar-refractivity contribution in [3.05, 3.63) is 88.7 Å². The summed E-state index contributed by atoms with van der Waals surface area (Å²) in [6.07, 6.45) is 2.74. The van der Waals surface area contributed by atoms with Gasteiger partial charge in [-0.3, -0.25) is 4.68 Å². The fraction of sp³-hybridized carbons (Fsp3) is 0.304. The van der Waals surface area contributed by atoms with E-state index in [1.165, 1.54) is 0 Å². The minimum absolute atomic E-state index is 0.268. The van der Waals surface area contributed by atoms with Crippen molar-refractivity contribution in [3.8, 4) is 0 Å². The van der Waals surface area contributed by atoms with Gasteiger partial charge < -0.3 is 4.74 Å². The van der Waals surface area contributed by atoms with E-state index >= 15 is 0 Å². The third-order valence-corrected chi connectivity index (χ3v) is 4.63. The molecule has 0 amide bonds. The molecule has 0 spiro atoms. The van der Waals surface area contributed by atoms with E-state index in [0.29, 0.717) is 12.0 Å². The van der Waals surface area contributed by atoms with Crippen LogP contribution in [0.2, 0.25) is 0 Å². The van der Waals surface area contributed by atoms with Crippen LogP contribution in [0.5, 0.6) is 0 Å².